The molecule has 0 saturated carbocycles. The zero-order valence-electron chi connectivity index (χ0n) is 9.83. The van der Waals surface area contributed by atoms with Crippen LogP contribution in [0.25, 0.3) is 0 Å². The minimum Gasteiger partial charge on any atom is -0.469 e. The topological polar surface area (TPSA) is 46.6 Å². The molecule has 4 nitrogen and oxygen atoms in total. The first-order valence-corrected chi connectivity index (χ1v) is 5.25. The van der Waals surface area contributed by atoms with Crippen LogP contribution >= 0.6 is 0 Å². The molecule has 1 heterocycles. The van der Waals surface area contributed by atoms with E-state index in [1.165, 1.54) is 0 Å². The summed E-state index contributed by atoms with van der Waals surface area (Å²) in [5.41, 5.74) is 0. The van der Waals surface area contributed by atoms with E-state index in [2.05, 4.69) is 4.74 Å². The molecule has 2 atom stereocenters. The Labute approximate surface area is 101 Å². The van der Waals surface area contributed by atoms with E-state index in [0.717, 1.165) is 7.11 Å². The molecule has 1 amide bonds. The molecule has 104 valence electrons. The van der Waals surface area contributed by atoms with E-state index in [9.17, 15) is 27.2 Å². The SMILES string of the molecule is COC(=O)C1CN(C(=O)C(F)(F)C(F)F)CC1C. The lowest BCUT2D eigenvalue weighted by molar-refractivity contribution is -0.179. The van der Waals surface area contributed by atoms with Gasteiger partial charge in [-0.1, -0.05) is 6.92 Å². The van der Waals surface area contributed by atoms with Crippen molar-refractivity contribution < 1.29 is 31.9 Å². The fourth-order valence-electron chi connectivity index (χ4n) is 1.89. The fourth-order valence-corrected chi connectivity index (χ4v) is 1.89. The normalized spacial score (nSPS) is 24.5. The number of hydrogen-bond donors (Lipinski definition) is 0. The first-order valence-electron chi connectivity index (χ1n) is 5.25. The first-order chi connectivity index (χ1) is 8.21. The number of halogens is 4. The van der Waals surface area contributed by atoms with Gasteiger partial charge in [0.05, 0.1) is 13.0 Å². The monoisotopic (exact) mass is 271 g/mol. The number of likely N-dealkylation sites (tertiary alicyclic amines) is 1. The summed E-state index contributed by atoms with van der Waals surface area (Å²) < 4.78 is 54.3. The standard InChI is InChI=1S/C10H13F4NO3/c1-5-3-15(4-6(5)7(16)18-2)9(17)10(13,14)8(11)12/h5-6,8H,3-4H2,1-2H3. The highest BCUT2D eigenvalue weighted by molar-refractivity contribution is 5.85. The number of nitrogens with zero attached hydrogens (tertiary/aromatic N) is 1. The largest absolute Gasteiger partial charge is 0.469 e. The lowest BCUT2D eigenvalue weighted by Gasteiger charge is -2.22. The van der Waals surface area contributed by atoms with Gasteiger partial charge in [-0.05, 0) is 5.92 Å². The van der Waals surface area contributed by atoms with Gasteiger partial charge in [-0.3, -0.25) is 9.59 Å². The number of methoxy groups -OCH3 is 1. The summed E-state index contributed by atoms with van der Waals surface area (Å²) in [4.78, 5) is 23.1. The summed E-state index contributed by atoms with van der Waals surface area (Å²) in [6.45, 7) is 1.07. The number of carbonyl (C=O) groups excluding carboxylic acids is 2. The summed E-state index contributed by atoms with van der Waals surface area (Å²) >= 11 is 0. The molecule has 1 fully saturated rings. The number of carbonyl (C=O) groups is 2. The molecule has 0 N–H and O–H groups in total. The van der Waals surface area contributed by atoms with Crippen LogP contribution in [-0.4, -0.2) is 49.3 Å². The van der Waals surface area contributed by atoms with Crippen LogP contribution in [0.2, 0.25) is 0 Å². The predicted octanol–water partition coefficient (Wildman–Crippen LogP) is 1.15. The molecule has 1 aliphatic rings. The minimum atomic E-state index is -4.72. The molecular formula is C10H13F4NO3. The van der Waals surface area contributed by atoms with Gasteiger partial charge in [0.2, 0.25) is 0 Å². The third-order valence-electron chi connectivity index (χ3n) is 2.96. The Morgan fingerprint density at radius 2 is 1.89 bits per heavy atom. The maximum atomic E-state index is 12.9. The molecule has 0 spiro atoms. The number of alkyl halides is 4. The first kappa shape index (κ1) is 14.7. The summed E-state index contributed by atoms with van der Waals surface area (Å²) in [5, 5.41) is 0. The smallest absolute Gasteiger partial charge is 0.383 e. The molecular weight excluding hydrogens is 258 g/mol. The van der Waals surface area contributed by atoms with E-state index in [0.29, 0.717) is 4.90 Å². The molecule has 0 aromatic heterocycles. The molecule has 1 rings (SSSR count). The lowest BCUT2D eigenvalue weighted by atomic mass is 9.99. The second kappa shape index (κ2) is 5.11. The second-order valence-corrected chi connectivity index (χ2v) is 4.24. The molecule has 2 unspecified atom stereocenters. The maximum Gasteiger partial charge on any atom is 0.383 e. The van der Waals surface area contributed by atoms with E-state index >= 15 is 0 Å². The highest BCUT2D eigenvalue weighted by Gasteiger charge is 2.53. The second-order valence-electron chi connectivity index (χ2n) is 4.24. The van der Waals surface area contributed by atoms with Crippen molar-refractivity contribution in [1.82, 2.24) is 4.90 Å². The van der Waals surface area contributed by atoms with Crippen LogP contribution in [0, 0.1) is 11.8 Å². The third-order valence-corrected chi connectivity index (χ3v) is 2.96. The van der Waals surface area contributed by atoms with Gasteiger partial charge < -0.3 is 9.64 Å². The average molecular weight is 271 g/mol. The molecule has 8 heteroatoms. The number of ether oxygens (including phenoxy) is 1. The molecule has 0 aliphatic carbocycles. The van der Waals surface area contributed by atoms with Gasteiger partial charge in [-0.25, -0.2) is 8.78 Å². The van der Waals surface area contributed by atoms with Crippen molar-refractivity contribution in [3.63, 3.8) is 0 Å². The van der Waals surface area contributed by atoms with Gasteiger partial charge in [0.25, 0.3) is 5.91 Å². The molecule has 0 radical (unpaired) electrons. The van der Waals surface area contributed by atoms with Gasteiger partial charge in [0.1, 0.15) is 0 Å². The quantitative estimate of drug-likeness (QED) is 0.571. The number of amides is 1. The maximum absolute atomic E-state index is 12.9. The summed E-state index contributed by atoms with van der Waals surface area (Å²) in [7, 11) is 1.13. The van der Waals surface area contributed by atoms with Crippen LogP contribution in [0.3, 0.4) is 0 Å². The van der Waals surface area contributed by atoms with Crippen LogP contribution in [0.4, 0.5) is 17.6 Å². The number of hydrogen-bond acceptors (Lipinski definition) is 3. The molecule has 1 saturated heterocycles. The van der Waals surface area contributed by atoms with Crippen LogP contribution in [0.5, 0.6) is 0 Å². The zero-order valence-corrected chi connectivity index (χ0v) is 9.83. The van der Waals surface area contributed by atoms with Crippen LogP contribution < -0.4 is 0 Å². The predicted molar refractivity (Wildman–Crippen MR) is 52.2 cm³/mol. The third kappa shape index (κ3) is 2.56. The minimum absolute atomic E-state index is 0.166. The average Bonchev–Trinajstić information content (AvgIpc) is 2.68. The molecule has 0 aromatic rings. The van der Waals surface area contributed by atoms with Crippen LogP contribution in [0.1, 0.15) is 6.92 Å². The van der Waals surface area contributed by atoms with Gasteiger partial charge in [0, 0.05) is 13.1 Å². The van der Waals surface area contributed by atoms with Crippen molar-refractivity contribution in [2.45, 2.75) is 19.3 Å². The van der Waals surface area contributed by atoms with Crippen LogP contribution in [0.15, 0.2) is 0 Å². The van der Waals surface area contributed by atoms with Gasteiger partial charge in [-0.2, -0.15) is 8.78 Å². The Morgan fingerprint density at radius 3 is 2.33 bits per heavy atom. The Kier molecular flexibility index (Phi) is 4.18. The fraction of sp³-hybridized carbons (Fsp3) is 0.800. The molecule has 0 bridgehead atoms. The van der Waals surface area contributed by atoms with Gasteiger partial charge >= 0.3 is 18.3 Å². The van der Waals surface area contributed by atoms with Crippen molar-refractivity contribution in [2.24, 2.45) is 11.8 Å². The Bertz CT molecular complexity index is 348. The van der Waals surface area contributed by atoms with Crippen molar-refractivity contribution in [3.05, 3.63) is 0 Å². The van der Waals surface area contributed by atoms with E-state index in [-0.39, 0.29) is 13.1 Å². The Hall–Kier alpha value is -1.34. The lowest BCUT2D eigenvalue weighted by Crippen LogP contribution is -2.47. The summed E-state index contributed by atoms with van der Waals surface area (Å²) in [6.07, 6.45) is -4.06. The van der Waals surface area contributed by atoms with E-state index in [1.54, 1.807) is 6.92 Å². The van der Waals surface area contributed by atoms with Gasteiger partial charge in [-0.15, -0.1) is 0 Å². The zero-order chi connectivity index (χ0) is 14.1. The Morgan fingerprint density at radius 1 is 1.33 bits per heavy atom. The van der Waals surface area contributed by atoms with Crippen molar-refractivity contribution in [2.75, 3.05) is 20.2 Å². The highest BCUT2D eigenvalue weighted by Crippen LogP contribution is 2.31. The van der Waals surface area contributed by atoms with E-state index < -0.39 is 36.1 Å². The van der Waals surface area contributed by atoms with Crippen molar-refractivity contribution in [1.29, 1.82) is 0 Å². The van der Waals surface area contributed by atoms with Gasteiger partial charge in [0.15, 0.2) is 0 Å². The van der Waals surface area contributed by atoms with E-state index in [1.807, 2.05) is 0 Å². The van der Waals surface area contributed by atoms with Crippen LogP contribution in [-0.2, 0) is 14.3 Å². The summed E-state index contributed by atoms with van der Waals surface area (Å²) in [5.74, 6) is -8.47. The molecule has 0 aromatic carbocycles. The van der Waals surface area contributed by atoms with E-state index in [4.69, 9.17) is 0 Å². The number of esters is 1. The highest BCUT2D eigenvalue weighted by atomic mass is 19.3. The Balaban J connectivity index is 2.77. The summed E-state index contributed by atoms with van der Waals surface area (Å²) in [6, 6.07) is 0. The van der Waals surface area contributed by atoms with Crippen molar-refractivity contribution in [3.8, 4) is 0 Å². The molecule has 18 heavy (non-hydrogen) atoms. The molecule has 1 aliphatic heterocycles. The number of rotatable bonds is 3. The van der Waals surface area contributed by atoms with Crippen molar-refractivity contribution >= 4 is 11.9 Å².